The SMILES string of the molecule is COc1cc(/C=c2\sc3nc4c(C)cccc4n3c2=O)cc(OC)c1OC(C)=O. The van der Waals surface area contributed by atoms with Crippen molar-refractivity contribution < 1.29 is 19.0 Å². The van der Waals surface area contributed by atoms with E-state index in [1.165, 1.54) is 32.5 Å². The summed E-state index contributed by atoms with van der Waals surface area (Å²) in [6, 6.07) is 9.14. The molecule has 4 rings (SSSR count). The van der Waals surface area contributed by atoms with Crippen molar-refractivity contribution in [3.05, 3.63) is 56.3 Å². The molecule has 0 fully saturated rings. The number of methoxy groups -OCH3 is 2. The molecule has 0 aliphatic heterocycles. The van der Waals surface area contributed by atoms with Crippen LogP contribution in [0, 0.1) is 6.92 Å². The number of imidazole rings is 1. The van der Waals surface area contributed by atoms with Gasteiger partial charge in [-0.25, -0.2) is 9.38 Å². The number of rotatable bonds is 4. The number of fused-ring (bicyclic) bond motifs is 3. The summed E-state index contributed by atoms with van der Waals surface area (Å²) in [5, 5.41) is 0. The molecule has 0 unspecified atom stereocenters. The molecule has 148 valence electrons. The lowest BCUT2D eigenvalue weighted by molar-refractivity contribution is -0.132. The Morgan fingerprint density at radius 3 is 2.48 bits per heavy atom. The fourth-order valence-corrected chi connectivity index (χ4v) is 4.19. The number of nitrogens with zero attached hydrogens (tertiary/aromatic N) is 2. The van der Waals surface area contributed by atoms with Gasteiger partial charge in [-0.3, -0.25) is 9.59 Å². The van der Waals surface area contributed by atoms with Crippen LogP contribution in [0.2, 0.25) is 0 Å². The molecule has 0 radical (unpaired) electrons. The Hall–Kier alpha value is -3.39. The van der Waals surface area contributed by atoms with Gasteiger partial charge in [0.2, 0.25) is 5.75 Å². The average molecular weight is 410 g/mol. The highest BCUT2D eigenvalue weighted by atomic mass is 32.1. The molecule has 0 spiro atoms. The topological polar surface area (TPSA) is 79.1 Å². The van der Waals surface area contributed by atoms with Crippen molar-refractivity contribution in [3.8, 4) is 17.2 Å². The number of ether oxygens (including phenoxy) is 3. The molecule has 4 aromatic rings. The number of carbonyl (C=O) groups excluding carboxylic acids is 1. The third-order valence-corrected chi connectivity index (χ3v) is 5.47. The first kappa shape index (κ1) is 18.9. The predicted octanol–water partition coefficient (Wildman–Crippen LogP) is 2.71. The van der Waals surface area contributed by atoms with Crippen LogP contribution in [-0.2, 0) is 4.79 Å². The van der Waals surface area contributed by atoms with Crippen LogP contribution in [0.25, 0.3) is 22.1 Å². The summed E-state index contributed by atoms with van der Waals surface area (Å²) < 4.78 is 18.0. The van der Waals surface area contributed by atoms with Gasteiger partial charge in [0.25, 0.3) is 5.56 Å². The van der Waals surface area contributed by atoms with E-state index in [2.05, 4.69) is 4.98 Å². The molecule has 0 aliphatic carbocycles. The molecule has 0 aliphatic rings. The lowest BCUT2D eigenvalue weighted by Gasteiger charge is -2.13. The lowest BCUT2D eigenvalue weighted by atomic mass is 10.1. The summed E-state index contributed by atoms with van der Waals surface area (Å²) >= 11 is 1.31. The maximum atomic E-state index is 13.0. The van der Waals surface area contributed by atoms with Crippen molar-refractivity contribution in [1.82, 2.24) is 9.38 Å². The van der Waals surface area contributed by atoms with E-state index in [4.69, 9.17) is 14.2 Å². The predicted molar refractivity (Wildman–Crippen MR) is 111 cm³/mol. The largest absolute Gasteiger partial charge is 0.493 e. The zero-order valence-corrected chi connectivity index (χ0v) is 17.1. The van der Waals surface area contributed by atoms with Gasteiger partial charge in [-0.05, 0) is 42.3 Å². The van der Waals surface area contributed by atoms with Gasteiger partial charge in [0.05, 0.1) is 29.8 Å². The van der Waals surface area contributed by atoms with E-state index in [1.807, 2.05) is 25.1 Å². The molecule has 0 saturated heterocycles. The molecule has 2 aromatic carbocycles. The molecule has 29 heavy (non-hydrogen) atoms. The molecule has 0 N–H and O–H groups in total. The highest BCUT2D eigenvalue weighted by Crippen LogP contribution is 2.38. The molecule has 8 heteroatoms. The van der Waals surface area contributed by atoms with Gasteiger partial charge in [-0.1, -0.05) is 23.5 Å². The summed E-state index contributed by atoms with van der Waals surface area (Å²) in [6.45, 7) is 3.27. The van der Waals surface area contributed by atoms with Gasteiger partial charge in [-0.2, -0.15) is 0 Å². The molecule has 0 amide bonds. The first-order valence-corrected chi connectivity index (χ1v) is 9.61. The Balaban J connectivity index is 1.91. The number of benzene rings is 2. The van der Waals surface area contributed by atoms with Crippen molar-refractivity contribution in [2.45, 2.75) is 13.8 Å². The van der Waals surface area contributed by atoms with Gasteiger partial charge in [0, 0.05) is 6.92 Å². The van der Waals surface area contributed by atoms with Gasteiger partial charge in [-0.15, -0.1) is 0 Å². The number of aryl methyl sites for hydroxylation is 1. The highest BCUT2D eigenvalue weighted by molar-refractivity contribution is 7.15. The van der Waals surface area contributed by atoms with Crippen LogP contribution < -0.4 is 24.3 Å². The summed E-state index contributed by atoms with van der Waals surface area (Å²) in [4.78, 5) is 29.6. The Kier molecular flexibility index (Phi) is 4.71. The van der Waals surface area contributed by atoms with E-state index in [9.17, 15) is 9.59 Å². The third-order valence-electron chi connectivity index (χ3n) is 4.50. The molecule has 2 heterocycles. The van der Waals surface area contributed by atoms with Crippen molar-refractivity contribution in [2.24, 2.45) is 0 Å². The van der Waals surface area contributed by atoms with Crippen LogP contribution in [0.3, 0.4) is 0 Å². The maximum Gasteiger partial charge on any atom is 0.308 e. The highest BCUT2D eigenvalue weighted by Gasteiger charge is 2.17. The molecule has 2 aromatic heterocycles. The van der Waals surface area contributed by atoms with Crippen molar-refractivity contribution in [3.63, 3.8) is 0 Å². The van der Waals surface area contributed by atoms with E-state index in [-0.39, 0.29) is 11.3 Å². The summed E-state index contributed by atoms with van der Waals surface area (Å²) in [6.07, 6.45) is 1.74. The number of esters is 1. The van der Waals surface area contributed by atoms with E-state index in [0.717, 1.165) is 16.6 Å². The van der Waals surface area contributed by atoms with Crippen LogP contribution in [0.4, 0.5) is 0 Å². The van der Waals surface area contributed by atoms with E-state index in [0.29, 0.717) is 26.6 Å². The van der Waals surface area contributed by atoms with Crippen molar-refractivity contribution >= 4 is 39.4 Å². The van der Waals surface area contributed by atoms with Crippen molar-refractivity contribution in [1.29, 1.82) is 0 Å². The van der Waals surface area contributed by atoms with Gasteiger partial charge in [0.1, 0.15) is 0 Å². The van der Waals surface area contributed by atoms with Crippen LogP contribution in [0.5, 0.6) is 17.2 Å². The second-order valence-electron chi connectivity index (χ2n) is 6.44. The van der Waals surface area contributed by atoms with Crippen LogP contribution >= 0.6 is 11.3 Å². The maximum absolute atomic E-state index is 13.0. The molecule has 0 saturated carbocycles. The molecular weight excluding hydrogens is 392 g/mol. The molecule has 0 atom stereocenters. The van der Waals surface area contributed by atoms with Gasteiger partial charge >= 0.3 is 5.97 Å². The fraction of sp³-hybridized carbons (Fsp3) is 0.190. The number of thiazole rings is 1. The quantitative estimate of drug-likeness (QED) is 0.380. The van der Waals surface area contributed by atoms with E-state index >= 15 is 0 Å². The smallest absolute Gasteiger partial charge is 0.308 e. The molecule has 0 bridgehead atoms. The minimum absolute atomic E-state index is 0.139. The number of aromatic nitrogens is 2. The second-order valence-corrected chi connectivity index (χ2v) is 7.45. The summed E-state index contributed by atoms with van der Waals surface area (Å²) in [5.74, 6) is 0.382. The number of para-hydroxylation sites is 1. The fourth-order valence-electron chi connectivity index (χ4n) is 3.21. The van der Waals surface area contributed by atoms with Crippen LogP contribution in [0.15, 0.2) is 35.1 Å². The van der Waals surface area contributed by atoms with Crippen LogP contribution in [0.1, 0.15) is 18.1 Å². The Morgan fingerprint density at radius 2 is 1.86 bits per heavy atom. The third kappa shape index (κ3) is 3.21. The van der Waals surface area contributed by atoms with E-state index in [1.54, 1.807) is 22.6 Å². The first-order valence-electron chi connectivity index (χ1n) is 8.79. The normalized spacial score (nSPS) is 11.9. The molecule has 7 nitrogen and oxygen atoms in total. The second kappa shape index (κ2) is 7.21. The standard InChI is InChI=1S/C21H18N2O5S/c1-11-6-5-7-14-18(11)22-21-23(14)20(25)17(29-21)10-13-8-15(26-3)19(28-12(2)24)16(9-13)27-4/h5-10H,1-4H3/b17-10-. The summed E-state index contributed by atoms with van der Waals surface area (Å²) in [5.41, 5.74) is 3.19. The monoisotopic (exact) mass is 410 g/mol. The Bertz CT molecular complexity index is 1340. The minimum atomic E-state index is -0.484. The minimum Gasteiger partial charge on any atom is -0.493 e. The van der Waals surface area contributed by atoms with Gasteiger partial charge in [0.15, 0.2) is 16.5 Å². The zero-order chi connectivity index (χ0) is 20.7. The Labute approximate surface area is 169 Å². The number of hydrogen-bond donors (Lipinski definition) is 0. The lowest BCUT2D eigenvalue weighted by Crippen LogP contribution is -2.22. The summed E-state index contributed by atoms with van der Waals surface area (Å²) in [7, 11) is 2.94. The van der Waals surface area contributed by atoms with Crippen molar-refractivity contribution in [2.75, 3.05) is 14.2 Å². The Morgan fingerprint density at radius 1 is 1.17 bits per heavy atom. The zero-order valence-electron chi connectivity index (χ0n) is 16.3. The number of hydrogen-bond acceptors (Lipinski definition) is 7. The van der Waals surface area contributed by atoms with E-state index < -0.39 is 5.97 Å². The van der Waals surface area contributed by atoms with Gasteiger partial charge < -0.3 is 14.2 Å². The molecular formula is C21H18N2O5S. The average Bonchev–Trinajstić information content (AvgIpc) is 3.20. The first-order chi connectivity index (χ1) is 13.9. The number of carbonyl (C=O) groups is 1. The van der Waals surface area contributed by atoms with Crippen LogP contribution in [-0.4, -0.2) is 29.6 Å².